The molecule has 0 N–H and O–H groups in total. The van der Waals surface area contributed by atoms with Crippen LogP contribution in [0.2, 0.25) is 0 Å². The van der Waals surface area contributed by atoms with Crippen LogP contribution in [0, 0.1) is 0 Å². The highest BCUT2D eigenvalue weighted by atomic mass is 15.3. The van der Waals surface area contributed by atoms with Crippen molar-refractivity contribution in [2.45, 2.75) is 12.6 Å². The summed E-state index contributed by atoms with van der Waals surface area (Å²) in [7, 11) is 2.20. The number of hydrogen-bond acceptors (Lipinski definition) is 5. The Morgan fingerprint density at radius 3 is 2.69 bits per heavy atom. The van der Waals surface area contributed by atoms with Crippen molar-refractivity contribution in [1.29, 1.82) is 0 Å². The lowest BCUT2D eigenvalue weighted by Crippen LogP contribution is -2.46. The van der Waals surface area contributed by atoms with Crippen LogP contribution in [-0.2, 0) is 6.54 Å². The molecule has 6 nitrogen and oxygen atoms in total. The molecule has 5 rings (SSSR count). The molecule has 1 aliphatic rings. The van der Waals surface area contributed by atoms with Gasteiger partial charge in [0.05, 0.1) is 23.6 Å². The predicted molar refractivity (Wildman–Crippen MR) is 113 cm³/mol. The van der Waals surface area contributed by atoms with Gasteiger partial charge in [0.1, 0.15) is 0 Å². The van der Waals surface area contributed by atoms with Crippen LogP contribution >= 0.6 is 0 Å². The molecule has 0 aliphatic carbocycles. The summed E-state index contributed by atoms with van der Waals surface area (Å²) in [6.45, 7) is 4.01. The van der Waals surface area contributed by atoms with Crippen molar-refractivity contribution < 1.29 is 0 Å². The van der Waals surface area contributed by atoms with E-state index in [1.165, 1.54) is 11.1 Å². The Bertz CT molecular complexity index is 1090. The van der Waals surface area contributed by atoms with Crippen LogP contribution in [0.15, 0.2) is 73.7 Å². The van der Waals surface area contributed by atoms with Gasteiger partial charge in [-0.25, -0.2) is 4.98 Å². The third-order valence-electron chi connectivity index (χ3n) is 5.76. The Balaban J connectivity index is 1.41. The summed E-state index contributed by atoms with van der Waals surface area (Å²) >= 11 is 0. The van der Waals surface area contributed by atoms with Crippen molar-refractivity contribution in [2.24, 2.45) is 0 Å². The summed E-state index contributed by atoms with van der Waals surface area (Å²) in [5.41, 5.74) is 5.87. The molecule has 0 bridgehead atoms. The number of aromatic nitrogens is 4. The molecule has 1 aliphatic heterocycles. The van der Waals surface area contributed by atoms with Gasteiger partial charge in [0, 0.05) is 62.7 Å². The molecule has 0 aromatic carbocycles. The highest BCUT2D eigenvalue weighted by Gasteiger charge is 2.28. The molecular weight excluding hydrogens is 360 g/mol. The number of imidazole rings is 1. The van der Waals surface area contributed by atoms with E-state index in [1.807, 2.05) is 31.0 Å². The van der Waals surface area contributed by atoms with E-state index in [2.05, 4.69) is 67.7 Å². The minimum Gasteiger partial charge on any atom is -0.305 e. The zero-order chi connectivity index (χ0) is 19.6. The second-order valence-electron chi connectivity index (χ2n) is 7.67. The second-order valence-corrected chi connectivity index (χ2v) is 7.67. The quantitative estimate of drug-likeness (QED) is 0.540. The molecule has 4 aromatic heterocycles. The molecule has 0 saturated carbocycles. The molecule has 1 atom stereocenters. The Hall–Kier alpha value is -3.09. The Labute approximate surface area is 170 Å². The van der Waals surface area contributed by atoms with Crippen molar-refractivity contribution in [3.63, 3.8) is 0 Å². The Morgan fingerprint density at radius 2 is 1.86 bits per heavy atom. The van der Waals surface area contributed by atoms with Crippen molar-refractivity contribution in [1.82, 2.24) is 29.2 Å². The predicted octanol–water partition coefficient (Wildman–Crippen LogP) is 3.28. The highest BCUT2D eigenvalue weighted by molar-refractivity contribution is 5.66. The van der Waals surface area contributed by atoms with Crippen LogP contribution in [-0.4, -0.2) is 55.8 Å². The molecule has 5 heterocycles. The minimum absolute atomic E-state index is 0.278. The first-order valence-electron chi connectivity index (χ1n) is 9.96. The fourth-order valence-electron chi connectivity index (χ4n) is 4.10. The Kier molecular flexibility index (Phi) is 4.79. The molecule has 0 radical (unpaired) electrons. The van der Waals surface area contributed by atoms with Crippen LogP contribution in [0.5, 0.6) is 0 Å². The van der Waals surface area contributed by atoms with Crippen LogP contribution in [0.4, 0.5) is 0 Å². The number of fused-ring (bicyclic) bond motifs is 1. The van der Waals surface area contributed by atoms with Crippen molar-refractivity contribution >= 4 is 5.52 Å². The van der Waals surface area contributed by atoms with Crippen LogP contribution in [0.25, 0.3) is 16.6 Å². The number of hydrogen-bond donors (Lipinski definition) is 0. The first-order valence-corrected chi connectivity index (χ1v) is 9.96. The van der Waals surface area contributed by atoms with Gasteiger partial charge in [0.15, 0.2) is 0 Å². The lowest BCUT2D eigenvalue weighted by molar-refractivity contribution is 0.0892. The van der Waals surface area contributed by atoms with Gasteiger partial charge in [-0.15, -0.1) is 0 Å². The van der Waals surface area contributed by atoms with Crippen molar-refractivity contribution in [3.05, 3.63) is 85.0 Å². The maximum absolute atomic E-state index is 4.81. The van der Waals surface area contributed by atoms with E-state index in [0.717, 1.165) is 43.0 Å². The van der Waals surface area contributed by atoms with Gasteiger partial charge >= 0.3 is 0 Å². The smallest absolute Gasteiger partial charge is 0.0996 e. The van der Waals surface area contributed by atoms with E-state index in [9.17, 15) is 0 Å². The zero-order valence-electron chi connectivity index (χ0n) is 16.5. The number of nitrogens with zero attached hydrogens (tertiary/aromatic N) is 6. The molecule has 0 spiro atoms. The van der Waals surface area contributed by atoms with Gasteiger partial charge in [0.25, 0.3) is 0 Å². The maximum atomic E-state index is 4.81. The molecular formula is C23H24N6. The molecule has 6 heteroatoms. The summed E-state index contributed by atoms with van der Waals surface area (Å²) in [5.74, 6) is 0. The average molecular weight is 384 g/mol. The second kappa shape index (κ2) is 7.73. The molecule has 4 aromatic rings. The first kappa shape index (κ1) is 18.0. The first-order chi connectivity index (χ1) is 14.3. The van der Waals surface area contributed by atoms with E-state index in [-0.39, 0.29) is 6.04 Å². The van der Waals surface area contributed by atoms with Crippen LogP contribution in [0.1, 0.15) is 17.3 Å². The maximum Gasteiger partial charge on any atom is 0.0996 e. The average Bonchev–Trinajstić information content (AvgIpc) is 3.19. The lowest BCUT2D eigenvalue weighted by atomic mass is 10.1. The third kappa shape index (κ3) is 3.64. The monoisotopic (exact) mass is 384 g/mol. The van der Waals surface area contributed by atoms with E-state index < -0.39 is 0 Å². The largest absolute Gasteiger partial charge is 0.305 e. The summed E-state index contributed by atoms with van der Waals surface area (Å²) in [6.07, 6.45) is 11.5. The van der Waals surface area contributed by atoms with E-state index in [4.69, 9.17) is 4.98 Å². The van der Waals surface area contributed by atoms with Gasteiger partial charge < -0.3 is 4.40 Å². The summed E-state index contributed by atoms with van der Waals surface area (Å²) in [5, 5.41) is 0. The van der Waals surface area contributed by atoms with Crippen molar-refractivity contribution in [3.8, 4) is 11.1 Å². The fraction of sp³-hybridized carbons (Fsp3) is 0.261. The molecule has 29 heavy (non-hydrogen) atoms. The third-order valence-corrected chi connectivity index (χ3v) is 5.76. The molecule has 1 fully saturated rings. The number of piperazine rings is 1. The number of rotatable bonds is 4. The summed E-state index contributed by atoms with van der Waals surface area (Å²) < 4.78 is 2.13. The SMILES string of the molecule is CN1CCN(Cc2ccncc2)C[C@H]1c1ncn2cc(-c3cccnc3)ccc12. The number of pyridine rings is 3. The lowest BCUT2D eigenvalue weighted by Gasteiger charge is -2.39. The van der Waals surface area contributed by atoms with Gasteiger partial charge in [-0.05, 0) is 42.4 Å². The molecule has 1 saturated heterocycles. The van der Waals surface area contributed by atoms with Crippen LogP contribution < -0.4 is 0 Å². The number of likely N-dealkylation sites (N-methyl/N-ethyl adjacent to an activating group) is 1. The van der Waals surface area contributed by atoms with Gasteiger partial charge in [-0.2, -0.15) is 0 Å². The standard InChI is InChI=1S/C23H24N6/c1-27-11-12-28(14-18-6-9-24-10-7-18)16-22(27)23-21-5-4-20(15-29(21)17-26-23)19-3-2-8-25-13-19/h2-10,13,15,17,22H,11-12,14,16H2,1H3/t22-/m0/s1. The molecule has 0 unspecified atom stereocenters. The van der Waals surface area contributed by atoms with E-state index in [1.54, 1.807) is 6.20 Å². The van der Waals surface area contributed by atoms with E-state index in [0.29, 0.717) is 0 Å². The van der Waals surface area contributed by atoms with Crippen LogP contribution in [0.3, 0.4) is 0 Å². The summed E-state index contributed by atoms with van der Waals surface area (Å²) in [4.78, 5) is 18.1. The summed E-state index contributed by atoms with van der Waals surface area (Å²) in [6, 6.07) is 12.9. The van der Waals surface area contributed by atoms with Gasteiger partial charge in [0.2, 0.25) is 0 Å². The molecule has 0 amide bonds. The van der Waals surface area contributed by atoms with Gasteiger partial charge in [-0.3, -0.25) is 19.8 Å². The topological polar surface area (TPSA) is 49.6 Å². The zero-order valence-corrected chi connectivity index (χ0v) is 16.5. The highest BCUT2D eigenvalue weighted by Crippen LogP contribution is 2.28. The molecule has 146 valence electrons. The normalized spacial score (nSPS) is 18.3. The van der Waals surface area contributed by atoms with Crippen molar-refractivity contribution in [2.75, 3.05) is 26.7 Å². The fourth-order valence-corrected chi connectivity index (χ4v) is 4.10. The van der Waals surface area contributed by atoms with E-state index >= 15 is 0 Å². The van der Waals surface area contributed by atoms with Gasteiger partial charge in [-0.1, -0.05) is 12.1 Å². The Morgan fingerprint density at radius 1 is 0.966 bits per heavy atom. The minimum atomic E-state index is 0.278.